The van der Waals surface area contributed by atoms with E-state index in [2.05, 4.69) is 0 Å². The summed E-state index contributed by atoms with van der Waals surface area (Å²) in [4.78, 5) is 24.2. The summed E-state index contributed by atoms with van der Waals surface area (Å²) in [5, 5.41) is 8.77. The van der Waals surface area contributed by atoms with Gasteiger partial charge in [0, 0.05) is 25.2 Å². The van der Waals surface area contributed by atoms with Gasteiger partial charge >= 0.3 is 5.97 Å². The van der Waals surface area contributed by atoms with Crippen molar-refractivity contribution in [1.29, 1.82) is 0 Å². The summed E-state index contributed by atoms with van der Waals surface area (Å²) >= 11 is 0. The molecule has 1 saturated heterocycles. The first-order valence-electron chi connectivity index (χ1n) is 6.33. The first kappa shape index (κ1) is 13.4. The normalized spacial score (nSPS) is 16.8. The predicted molar refractivity (Wildman–Crippen MR) is 71.6 cm³/mol. The van der Waals surface area contributed by atoms with Crippen LogP contribution in [0.2, 0.25) is 0 Å². The number of benzene rings is 1. The van der Waals surface area contributed by atoms with Crippen molar-refractivity contribution in [1.82, 2.24) is 4.90 Å². The lowest BCUT2D eigenvalue weighted by Gasteiger charge is -2.37. The molecule has 19 heavy (non-hydrogen) atoms. The number of rotatable bonds is 4. The average molecular weight is 262 g/mol. The molecule has 1 aliphatic heterocycles. The smallest absolute Gasteiger partial charge is 0.310 e. The van der Waals surface area contributed by atoms with Gasteiger partial charge in [-0.3, -0.25) is 9.59 Å². The van der Waals surface area contributed by atoms with Crippen LogP contribution >= 0.6 is 0 Å². The standard InChI is InChI=1S/C14H18N2O3/c1-9(10-2-4-12(15)5-3-10)6-13(17)16-7-11(8-16)14(18)19/h2-5,9,11H,6-8,15H2,1H3,(H,18,19). The second kappa shape index (κ2) is 5.30. The molecule has 2 rings (SSSR count). The number of likely N-dealkylation sites (tertiary alicyclic amines) is 1. The Bertz CT molecular complexity index is 478. The molecule has 1 atom stereocenters. The number of carboxylic acids is 1. The quantitative estimate of drug-likeness (QED) is 0.801. The lowest BCUT2D eigenvalue weighted by atomic mass is 9.94. The highest BCUT2D eigenvalue weighted by atomic mass is 16.4. The zero-order valence-corrected chi connectivity index (χ0v) is 10.9. The van der Waals surface area contributed by atoms with Crippen LogP contribution in [-0.4, -0.2) is 35.0 Å². The van der Waals surface area contributed by atoms with Crippen LogP contribution in [0.5, 0.6) is 0 Å². The van der Waals surface area contributed by atoms with Crippen LogP contribution in [0.3, 0.4) is 0 Å². The largest absolute Gasteiger partial charge is 0.481 e. The highest BCUT2D eigenvalue weighted by Crippen LogP contribution is 2.24. The molecule has 1 aliphatic rings. The Hall–Kier alpha value is -2.04. The molecular weight excluding hydrogens is 244 g/mol. The fourth-order valence-corrected chi connectivity index (χ4v) is 2.17. The second-order valence-electron chi connectivity index (χ2n) is 5.11. The summed E-state index contributed by atoms with van der Waals surface area (Å²) in [6.07, 6.45) is 0.399. The highest BCUT2D eigenvalue weighted by Gasteiger charge is 2.35. The SMILES string of the molecule is CC(CC(=O)N1CC(C(=O)O)C1)c1ccc(N)cc1. The van der Waals surface area contributed by atoms with Crippen molar-refractivity contribution in [3.05, 3.63) is 29.8 Å². The molecule has 5 nitrogen and oxygen atoms in total. The van der Waals surface area contributed by atoms with Crippen LogP contribution < -0.4 is 5.73 Å². The molecule has 1 unspecified atom stereocenters. The Morgan fingerprint density at radius 2 is 1.95 bits per heavy atom. The number of nitrogens with two attached hydrogens (primary N) is 1. The molecule has 0 bridgehead atoms. The minimum Gasteiger partial charge on any atom is -0.481 e. The van der Waals surface area contributed by atoms with Gasteiger partial charge in [0.15, 0.2) is 0 Å². The van der Waals surface area contributed by atoms with E-state index >= 15 is 0 Å². The Balaban J connectivity index is 1.86. The first-order chi connectivity index (χ1) is 8.97. The van der Waals surface area contributed by atoms with Crippen molar-refractivity contribution in [2.24, 2.45) is 5.92 Å². The van der Waals surface area contributed by atoms with Crippen molar-refractivity contribution in [2.45, 2.75) is 19.3 Å². The van der Waals surface area contributed by atoms with Crippen molar-refractivity contribution < 1.29 is 14.7 Å². The van der Waals surface area contributed by atoms with Gasteiger partial charge in [-0.15, -0.1) is 0 Å². The van der Waals surface area contributed by atoms with E-state index in [0.29, 0.717) is 25.2 Å². The van der Waals surface area contributed by atoms with Gasteiger partial charge in [-0.05, 0) is 23.6 Å². The number of nitrogen functional groups attached to an aromatic ring is 1. The predicted octanol–water partition coefficient (Wildman–Crippen LogP) is 1.31. The minimum atomic E-state index is -0.823. The van der Waals surface area contributed by atoms with Crippen LogP contribution in [0, 0.1) is 5.92 Å². The van der Waals surface area contributed by atoms with Crippen LogP contribution in [0.25, 0.3) is 0 Å². The lowest BCUT2D eigenvalue weighted by molar-refractivity contribution is -0.152. The van der Waals surface area contributed by atoms with Gasteiger partial charge in [-0.25, -0.2) is 0 Å². The van der Waals surface area contributed by atoms with E-state index in [-0.39, 0.29) is 11.8 Å². The summed E-state index contributed by atoms with van der Waals surface area (Å²) in [5.41, 5.74) is 7.39. The van der Waals surface area contributed by atoms with Crippen molar-refractivity contribution in [2.75, 3.05) is 18.8 Å². The van der Waals surface area contributed by atoms with E-state index in [1.807, 2.05) is 31.2 Å². The van der Waals surface area contributed by atoms with Gasteiger partial charge in [0.2, 0.25) is 5.91 Å². The van der Waals surface area contributed by atoms with E-state index < -0.39 is 11.9 Å². The maximum absolute atomic E-state index is 12.0. The van der Waals surface area contributed by atoms with Crippen LogP contribution in [0.15, 0.2) is 24.3 Å². The third-order valence-electron chi connectivity index (χ3n) is 3.57. The topological polar surface area (TPSA) is 83.6 Å². The van der Waals surface area contributed by atoms with Crippen molar-refractivity contribution in [3.63, 3.8) is 0 Å². The number of aliphatic carboxylic acids is 1. The van der Waals surface area contributed by atoms with Crippen LogP contribution in [0.4, 0.5) is 5.69 Å². The fourth-order valence-electron chi connectivity index (χ4n) is 2.17. The Morgan fingerprint density at radius 1 is 1.37 bits per heavy atom. The van der Waals surface area contributed by atoms with E-state index in [1.165, 1.54) is 0 Å². The van der Waals surface area contributed by atoms with Gasteiger partial charge in [0.25, 0.3) is 0 Å². The van der Waals surface area contributed by atoms with E-state index in [0.717, 1.165) is 5.56 Å². The number of amides is 1. The number of carboxylic acid groups (broad SMARTS) is 1. The molecule has 1 aromatic carbocycles. The van der Waals surface area contributed by atoms with E-state index in [4.69, 9.17) is 10.8 Å². The minimum absolute atomic E-state index is 0.0156. The number of carbonyl (C=O) groups is 2. The third-order valence-corrected chi connectivity index (χ3v) is 3.57. The number of anilines is 1. The summed E-state index contributed by atoms with van der Waals surface area (Å²) < 4.78 is 0. The third kappa shape index (κ3) is 3.05. The van der Waals surface area contributed by atoms with Gasteiger partial charge in [-0.1, -0.05) is 19.1 Å². The molecule has 0 spiro atoms. The molecule has 0 aromatic heterocycles. The van der Waals surface area contributed by atoms with E-state index in [1.54, 1.807) is 4.90 Å². The molecule has 3 N–H and O–H groups in total. The molecular formula is C14H18N2O3. The van der Waals surface area contributed by atoms with Crippen molar-refractivity contribution in [3.8, 4) is 0 Å². The maximum atomic E-state index is 12.0. The molecule has 5 heteroatoms. The van der Waals surface area contributed by atoms with Gasteiger partial charge in [0.1, 0.15) is 0 Å². The molecule has 1 fully saturated rings. The van der Waals surface area contributed by atoms with Gasteiger partial charge < -0.3 is 15.7 Å². The average Bonchev–Trinajstić information content (AvgIpc) is 2.26. The van der Waals surface area contributed by atoms with Crippen LogP contribution in [-0.2, 0) is 9.59 Å². The maximum Gasteiger partial charge on any atom is 0.310 e. The number of carbonyl (C=O) groups excluding carboxylic acids is 1. The molecule has 102 valence electrons. The van der Waals surface area contributed by atoms with Gasteiger partial charge in [0.05, 0.1) is 5.92 Å². The highest BCUT2D eigenvalue weighted by molar-refractivity contribution is 5.81. The lowest BCUT2D eigenvalue weighted by Crippen LogP contribution is -2.53. The first-order valence-corrected chi connectivity index (χ1v) is 6.33. The van der Waals surface area contributed by atoms with Crippen LogP contribution in [0.1, 0.15) is 24.8 Å². The molecule has 0 radical (unpaired) electrons. The summed E-state index contributed by atoms with van der Waals surface area (Å²) in [7, 11) is 0. The zero-order valence-electron chi connectivity index (χ0n) is 10.9. The fraction of sp³-hybridized carbons (Fsp3) is 0.429. The Morgan fingerprint density at radius 3 is 2.47 bits per heavy atom. The Labute approximate surface area is 112 Å². The number of hydrogen-bond donors (Lipinski definition) is 2. The van der Waals surface area contributed by atoms with Gasteiger partial charge in [-0.2, -0.15) is 0 Å². The zero-order chi connectivity index (χ0) is 14.0. The number of hydrogen-bond acceptors (Lipinski definition) is 3. The second-order valence-corrected chi connectivity index (χ2v) is 5.11. The summed E-state index contributed by atoms with van der Waals surface area (Å²) in [6.45, 7) is 2.66. The summed E-state index contributed by atoms with van der Waals surface area (Å²) in [5.74, 6) is -1.09. The molecule has 0 saturated carbocycles. The van der Waals surface area contributed by atoms with E-state index in [9.17, 15) is 9.59 Å². The molecule has 0 aliphatic carbocycles. The monoisotopic (exact) mass is 262 g/mol. The molecule has 1 amide bonds. The van der Waals surface area contributed by atoms with Crippen molar-refractivity contribution >= 4 is 17.6 Å². The Kier molecular flexibility index (Phi) is 3.74. The molecule has 1 heterocycles. The molecule has 1 aromatic rings. The number of nitrogens with zero attached hydrogens (tertiary/aromatic N) is 1. The summed E-state index contributed by atoms with van der Waals surface area (Å²) in [6, 6.07) is 7.48.